The second kappa shape index (κ2) is 7.45. The predicted octanol–water partition coefficient (Wildman–Crippen LogP) is 0.599. The molecule has 0 radical (unpaired) electrons. The number of nitrogens with two attached hydrogens (primary N) is 1. The van der Waals surface area contributed by atoms with Crippen molar-refractivity contribution in [3.8, 4) is 6.07 Å². The lowest BCUT2D eigenvalue weighted by Crippen LogP contribution is -2.29. The van der Waals surface area contributed by atoms with E-state index in [-0.39, 0.29) is 5.92 Å². The largest absolute Gasteiger partial charge is 0.342 e. The Morgan fingerprint density at radius 2 is 1.85 bits per heavy atom. The van der Waals surface area contributed by atoms with Crippen molar-refractivity contribution >= 4 is 17.8 Å². The standard InChI is InChI=1S/C12H22N8/c1-5-20(6-2)12-16-10(18-14)15-11(17-12)19(4)8-9(3)7-13/h9H,5-6,8,14H2,1-4H3,(H,15,16,17,18). The molecule has 0 saturated carbocycles. The van der Waals surface area contributed by atoms with E-state index in [2.05, 4.69) is 26.4 Å². The van der Waals surface area contributed by atoms with Gasteiger partial charge >= 0.3 is 0 Å². The van der Waals surface area contributed by atoms with E-state index in [0.29, 0.717) is 24.4 Å². The first kappa shape index (κ1) is 15.9. The molecule has 1 atom stereocenters. The van der Waals surface area contributed by atoms with E-state index in [0.717, 1.165) is 13.1 Å². The minimum atomic E-state index is -0.108. The van der Waals surface area contributed by atoms with Crippen LogP contribution in [0, 0.1) is 17.2 Å². The quantitative estimate of drug-likeness (QED) is 0.551. The van der Waals surface area contributed by atoms with Gasteiger partial charge in [-0.2, -0.15) is 20.2 Å². The summed E-state index contributed by atoms with van der Waals surface area (Å²) in [6, 6.07) is 2.19. The minimum Gasteiger partial charge on any atom is -0.342 e. The van der Waals surface area contributed by atoms with Gasteiger partial charge in [0.2, 0.25) is 17.8 Å². The molecule has 3 N–H and O–H groups in total. The van der Waals surface area contributed by atoms with Gasteiger partial charge in [-0.1, -0.05) is 0 Å². The normalized spacial score (nSPS) is 11.6. The van der Waals surface area contributed by atoms with Crippen LogP contribution in [-0.4, -0.2) is 41.6 Å². The van der Waals surface area contributed by atoms with Crippen LogP contribution in [0.25, 0.3) is 0 Å². The molecule has 8 heteroatoms. The number of hydrogen-bond acceptors (Lipinski definition) is 8. The Morgan fingerprint density at radius 3 is 2.35 bits per heavy atom. The average Bonchev–Trinajstić information content (AvgIpc) is 2.47. The number of nitriles is 1. The van der Waals surface area contributed by atoms with Crippen LogP contribution in [0.2, 0.25) is 0 Å². The number of rotatable bonds is 7. The van der Waals surface area contributed by atoms with Crippen LogP contribution in [0.3, 0.4) is 0 Å². The van der Waals surface area contributed by atoms with Gasteiger partial charge < -0.3 is 9.80 Å². The van der Waals surface area contributed by atoms with Gasteiger partial charge in [0.15, 0.2) is 0 Å². The summed E-state index contributed by atoms with van der Waals surface area (Å²) in [6.07, 6.45) is 0. The number of aromatic nitrogens is 3. The number of nitrogens with one attached hydrogen (secondary N) is 1. The molecule has 0 spiro atoms. The van der Waals surface area contributed by atoms with Crippen molar-refractivity contribution in [3.05, 3.63) is 0 Å². The summed E-state index contributed by atoms with van der Waals surface area (Å²) in [4.78, 5) is 16.7. The SMILES string of the molecule is CCN(CC)c1nc(NN)nc(N(C)CC(C)C#N)n1. The molecule has 1 unspecified atom stereocenters. The van der Waals surface area contributed by atoms with Gasteiger partial charge in [0.05, 0.1) is 12.0 Å². The van der Waals surface area contributed by atoms with E-state index in [9.17, 15) is 0 Å². The van der Waals surface area contributed by atoms with Gasteiger partial charge in [0.1, 0.15) is 0 Å². The first-order chi connectivity index (χ1) is 9.55. The summed E-state index contributed by atoms with van der Waals surface area (Å²) in [6.45, 7) is 8.05. The monoisotopic (exact) mass is 278 g/mol. The molecule has 0 amide bonds. The fourth-order valence-electron chi connectivity index (χ4n) is 1.77. The van der Waals surface area contributed by atoms with Gasteiger partial charge in [-0.05, 0) is 20.8 Å². The summed E-state index contributed by atoms with van der Waals surface area (Å²) in [5, 5.41) is 8.88. The highest BCUT2D eigenvalue weighted by atomic mass is 15.4. The third-order valence-electron chi connectivity index (χ3n) is 2.90. The molecule has 1 aromatic rings. The molecule has 0 aliphatic carbocycles. The number of nitrogen functional groups attached to an aromatic ring is 1. The molecule has 0 bridgehead atoms. The molecule has 1 aromatic heterocycles. The lowest BCUT2D eigenvalue weighted by molar-refractivity contribution is 0.697. The number of nitrogens with zero attached hydrogens (tertiary/aromatic N) is 6. The van der Waals surface area contributed by atoms with E-state index < -0.39 is 0 Å². The minimum absolute atomic E-state index is 0.108. The first-order valence-electron chi connectivity index (χ1n) is 6.64. The zero-order valence-corrected chi connectivity index (χ0v) is 12.5. The molecule has 0 aliphatic heterocycles. The highest BCUT2D eigenvalue weighted by Gasteiger charge is 2.15. The Hall–Kier alpha value is -2.14. The fraction of sp³-hybridized carbons (Fsp3) is 0.667. The summed E-state index contributed by atoms with van der Waals surface area (Å²) >= 11 is 0. The van der Waals surface area contributed by atoms with E-state index >= 15 is 0 Å². The molecule has 1 heterocycles. The Kier molecular flexibility index (Phi) is 5.93. The molecule has 0 fully saturated rings. The van der Waals surface area contributed by atoms with Crippen LogP contribution in [-0.2, 0) is 0 Å². The summed E-state index contributed by atoms with van der Waals surface area (Å²) in [5.74, 6) is 6.68. The molecule has 0 saturated heterocycles. The van der Waals surface area contributed by atoms with Crippen molar-refractivity contribution in [2.75, 3.05) is 41.9 Å². The van der Waals surface area contributed by atoms with Gasteiger partial charge in [-0.15, -0.1) is 0 Å². The zero-order valence-electron chi connectivity index (χ0n) is 12.5. The Labute approximate surface area is 119 Å². The molecular formula is C12H22N8. The van der Waals surface area contributed by atoms with Crippen molar-refractivity contribution in [1.29, 1.82) is 5.26 Å². The zero-order chi connectivity index (χ0) is 15.1. The van der Waals surface area contributed by atoms with Crippen LogP contribution in [0.5, 0.6) is 0 Å². The van der Waals surface area contributed by atoms with Gasteiger partial charge in [0.25, 0.3) is 0 Å². The van der Waals surface area contributed by atoms with Crippen LogP contribution in [0.15, 0.2) is 0 Å². The van der Waals surface area contributed by atoms with Gasteiger partial charge in [-0.25, -0.2) is 5.84 Å². The van der Waals surface area contributed by atoms with Crippen molar-refractivity contribution in [2.24, 2.45) is 11.8 Å². The average molecular weight is 278 g/mol. The topological polar surface area (TPSA) is 107 Å². The van der Waals surface area contributed by atoms with Crippen molar-refractivity contribution in [3.63, 3.8) is 0 Å². The number of anilines is 3. The van der Waals surface area contributed by atoms with Crippen molar-refractivity contribution in [1.82, 2.24) is 15.0 Å². The van der Waals surface area contributed by atoms with Crippen LogP contribution in [0.1, 0.15) is 20.8 Å². The first-order valence-corrected chi connectivity index (χ1v) is 6.64. The predicted molar refractivity (Wildman–Crippen MR) is 79.2 cm³/mol. The third-order valence-corrected chi connectivity index (χ3v) is 2.90. The van der Waals surface area contributed by atoms with E-state index in [1.807, 2.05) is 37.6 Å². The maximum atomic E-state index is 8.88. The smallest absolute Gasteiger partial charge is 0.243 e. The highest BCUT2D eigenvalue weighted by molar-refractivity contribution is 5.44. The van der Waals surface area contributed by atoms with Crippen molar-refractivity contribution < 1.29 is 0 Å². The fourth-order valence-corrected chi connectivity index (χ4v) is 1.77. The maximum absolute atomic E-state index is 8.88. The molecule has 20 heavy (non-hydrogen) atoms. The second-order valence-corrected chi connectivity index (χ2v) is 4.49. The maximum Gasteiger partial charge on any atom is 0.243 e. The molecule has 1 rings (SSSR count). The van der Waals surface area contributed by atoms with Crippen LogP contribution in [0.4, 0.5) is 17.8 Å². The molecular weight excluding hydrogens is 256 g/mol. The number of hydrogen-bond donors (Lipinski definition) is 2. The Balaban J connectivity index is 3.07. The lowest BCUT2D eigenvalue weighted by Gasteiger charge is -2.23. The molecule has 110 valence electrons. The van der Waals surface area contributed by atoms with Crippen molar-refractivity contribution in [2.45, 2.75) is 20.8 Å². The summed E-state index contributed by atoms with van der Waals surface area (Å²) < 4.78 is 0. The van der Waals surface area contributed by atoms with E-state index in [4.69, 9.17) is 11.1 Å². The Morgan fingerprint density at radius 1 is 1.25 bits per heavy atom. The highest BCUT2D eigenvalue weighted by Crippen LogP contribution is 2.16. The van der Waals surface area contributed by atoms with Gasteiger partial charge in [0, 0.05) is 26.7 Å². The molecule has 8 nitrogen and oxygen atoms in total. The van der Waals surface area contributed by atoms with Crippen LogP contribution >= 0.6 is 0 Å². The number of hydrazine groups is 1. The molecule has 0 aromatic carbocycles. The Bertz CT molecular complexity index is 465. The molecule has 0 aliphatic rings. The second-order valence-electron chi connectivity index (χ2n) is 4.49. The van der Waals surface area contributed by atoms with Gasteiger partial charge in [-0.3, -0.25) is 5.43 Å². The summed E-state index contributed by atoms with van der Waals surface area (Å²) in [5.41, 5.74) is 2.45. The third kappa shape index (κ3) is 3.93. The van der Waals surface area contributed by atoms with E-state index in [1.165, 1.54) is 0 Å². The summed E-state index contributed by atoms with van der Waals surface area (Å²) in [7, 11) is 1.84. The van der Waals surface area contributed by atoms with E-state index in [1.54, 1.807) is 0 Å². The van der Waals surface area contributed by atoms with Crippen LogP contribution < -0.4 is 21.1 Å². The lowest BCUT2D eigenvalue weighted by atomic mass is 10.2.